The molecule has 1 amide bonds. The molecule has 0 N–H and O–H groups in total. The molecule has 37 heavy (non-hydrogen) atoms. The van der Waals surface area contributed by atoms with Gasteiger partial charge in [0.05, 0.1) is 6.61 Å². The number of carbonyl (C=O) groups excluding carboxylic acids is 1. The highest BCUT2D eigenvalue weighted by Crippen LogP contribution is 2.65. The predicted octanol–water partition coefficient (Wildman–Crippen LogP) is 4.33. The van der Waals surface area contributed by atoms with Crippen LogP contribution in [0.4, 0.5) is 10.5 Å². The Kier molecular flexibility index (Phi) is 4.94. The molecular weight excluding hydrogens is 472 g/mol. The summed E-state index contributed by atoms with van der Waals surface area (Å²) in [6.07, 6.45) is 1.66. The molecule has 7 rings (SSSR count). The summed E-state index contributed by atoms with van der Waals surface area (Å²) >= 11 is 0. The van der Waals surface area contributed by atoms with E-state index in [1.54, 1.807) is 0 Å². The number of likely N-dealkylation sites (tertiary alicyclic amines) is 1. The average Bonchev–Trinajstić information content (AvgIpc) is 3.55. The van der Waals surface area contributed by atoms with Gasteiger partial charge >= 0.3 is 6.09 Å². The molecule has 2 saturated heterocycles. The van der Waals surface area contributed by atoms with Gasteiger partial charge in [-0.05, 0) is 57.2 Å². The maximum absolute atomic E-state index is 12.6. The first-order chi connectivity index (χ1) is 17.8. The van der Waals surface area contributed by atoms with Crippen LogP contribution in [-0.4, -0.2) is 68.4 Å². The molecule has 8 nitrogen and oxygen atoms in total. The zero-order valence-electron chi connectivity index (χ0n) is 21.7. The lowest BCUT2D eigenvalue weighted by Gasteiger charge is -2.38. The van der Waals surface area contributed by atoms with Crippen molar-refractivity contribution in [1.82, 2.24) is 4.90 Å². The Morgan fingerprint density at radius 1 is 0.973 bits per heavy atom. The van der Waals surface area contributed by atoms with Crippen molar-refractivity contribution in [3.63, 3.8) is 0 Å². The summed E-state index contributed by atoms with van der Waals surface area (Å²) in [7, 11) is 0. The molecule has 5 aliphatic rings. The molecule has 5 aliphatic heterocycles. The molecule has 196 valence electrons. The van der Waals surface area contributed by atoms with Crippen molar-refractivity contribution in [2.24, 2.45) is 5.92 Å². The van der Waals surface area contributed by atoms with Crippen LogP contribution in [0.1, 0.15) is 44.7 Å². The Morgan fingerprint density at radius 2 is 1.68 bits per heavy atom. The Bertz CT molecular complexity index is 1240. The fraction of sp³-hybridized carbons (Fsp3) is 0.552. The maximum Gasteiger partial charge on any atom is 0.410 e. The average molecular weight is 507 g/mol. The van der Waals surface area contributed by atoms with E-state index in [0.29, 0.717) is 45.4 Å². The Morgan fingerprint density at radius 3 is 2.38 bits per heavy atom. The second-order valence-electron chi connectivity index (χ2n) is 11.8. The number of ether oxygens (including phenoxy) is 5. The van der Waals surface area contributed by atoms with Crippen molar-refractivity contribution >= 4 is 11.8 Å². The lowest BCUT2D eigenvalue weighted by Crippen LogP contribution is -2.52. The minimum Gasteiger partial charge on any atom is -0.492 e. The summed E-state index contributed by atoms with van der Waals surface area (Å²) in [6.45, 7) is 10.3. The summed E-state index contributed by atoms with van der Waals surface area (Å²) in [5.74, 6) is 2.82. The molecular formula is C29H34N2O6. The largest absolute Gasteiger partial charge is 0.492 e. The monoisotopic (exact) mass is 506 g/mol. The van der Waals surface area contributed by atoms with Crippen LogP contribution in [0.15, 0.2) is 36.4 Å². The van der Waals surface area contributed by atoms with Crippen LogP contribution >= 0.6 is 0 Å². The van der Waals surface area contributed by atoms with E-state index in [-0.39, 0.29) is 6.09 Å². The molecule has 0 radical (unpaired) electrons. The van der Waals surface area contributed by atoms with Gasteiger partial charge in [-0.2, -0.15) is 0 Å². The van der Waals surface area contributed by atoms with Crippen molar-refractivity contribution in [2.75, 3.05) is 51.0 Å². The van der Waals surface area contributed by atoms with E-state index in [1.165, 1.54) is 11.3 Å². The number of nitrogens with zero attached hydrogens (tertiary/aromatic N) is 2. The fourth-order valence-corrected chi connectivity index (χ4v) is 6.64. The van der Waals surface area contributed by atoms with Crippen LogP contribution in [0.2, 0.25) is 0 Å². The highest BCUT2D eigenvalue weighted by atomic mass is 16.6. The zero-order valence-corrected chi connectivity index (χ0v) is 21.7. The number of rotatable bonds is 2. The lowest BCUT2D eigenvalue weighted by atomic mass is 9.72. The number of amides is 1. The van der Waals surface area contributed by atoms with E-state index >= 15 is 0 Å². The van der Waals surface area contributed by atoms with Gasteiger partial charge in [0.1, 0.15) is 36.6 Å². The molecule has 0 aromatic heterocycles. The van der Waals surface area contributed by atoms with Crippen molar-refractivity contribution in [1.29, 1.82) is 0 Å². The van der Waals surface area contributed by atoms with Gasteiger partial charge in [-0.15, -0.1) is 0 Å². The minimum absolute atomic E-state index is 0.215. The van der Waals surface area contributed by atoms with Crippen molar-refractivity contribution in [3.8, 4) is 17.2 Å². The molecule has 8 heteroatoms. The number of hydrogen-bond acceptors (Lipinski definition) is 7. The molecule has 2 fully saturated rings. The summed E-state index contributed by atoms with van der Waals surface area (Å²) in [4.78, 5) is 16.9. The van der Waals surface area contributed by atoms with Gasteiger partial charge in [-0.3, -0.25) is 0 Å². The molecule has 0 saturated carbocycles. The van der Waals surface area contributed by atoms with Crippen LogP contribution in [0.3, 0.4) is 0 Å². The van der Waals surface area contributed by atoms with Crippen LogP contribution in [0, 0.1) is 5.92 Å². The first kappa shape index (κ1) is 23.0. The second kappa shape index (κ2) is 7.93. The third-order valence-electron chi connectivity index (χ3n) is 8.43. The second-order valence-corrected chi connectivity index (χ2v) is 11.8. The van der Waals surface area contributed by atoms with E-state index in [9.17, 15) is 4.79 Å². The van der Waals surface area contributed by atoms with E-state index in [0.717, 1.165) is 42.2 Å². The van der Waals surface area contributed by atoms with Gasteiger partial charge in [-0.1, -0.05) is 18.2 Å². The van der Waals surface area contributed by atoms with Crippen LogP contribution in [-0.2, 0) is 14.9 Å². The lowest BCUT2D eigenvalue weighted by molar-refractivity contribution is 0.0183. The quantitative estimate of drug-likeness (QED) is 0.562. The highest BCUT2D eigenvalue weighted by Gasteiger charge is 2.74. The van der Waals surface area contributed by atoms with E-state index in [1.807, 2.05) is 31.7 Å². The van der Waals surface area contributed by atoms with Gasteiger partial charge in [0.2, 0.25) is 0 Å². The Balaban J connectivity index is 1.17. The maximum atomic E-state index is 12.6. The van der Waals surface area contributed by atoms with E-state index in [4.69, 9.17) is 23.7 Å². The van der Waals surface area contributed by atoms with Gasteiger partial charge in [-0.25, -0.2) is 4.79 Å². The normalized spacial score (nSPS) is 27.8. The molecule has 2 aromatic rings. The zero-order chi connectivity index (χ0) is 25.4. The number of benzene rings is 2. The van der Waals surface area contributed by atoms with Gasteiger partial charge in [0.15, 0.2) is 17.2 Å². The number of carbonyl (C=O) groups is 1. The van der Waals surface area contributed by atoms with Crippen LogP contribution in [0.5, 0.6) is 17.2 Å². The number of piperidine rings is 1. The molecule has 2 atom stereocenters. The topological polar surface area (TPSA) is 73.0 Å². The van der Waals surface area contributed by atoms with Gasteiger partial charge in [0, 0.05) is 37.0 Å². The van der Waals surface area contributed by atoms with E-state index in [2.05, 4.69) is 35.2 Å². The minimum atomic E-state index is -0.479. The Labute approximate surface area is 217 Å². The molecule has 0 bridgehead atoms. The number of hydrogen-bond donors (Lipinski definition) is 0. The number of epoxide rings is 1. The summed E-state index contributed by atoms with van der Waals surface area (Å²) < 4.78 is 30.2. The van der Waals surface area contributed by atoms with Crippen molar-refractivity contribution in [2.45, 2.75) is 50.4 Å². The first-order valence-electron chi connectivity index (χ1n) is 13.4. The molecule has 0 aliphatic carbocycles. The first-order valence-corrected chi connectivity index (χ1v) is 13.4. The van der Waals surface area contributed by atoms with Crippen molar-refractivity contribution in [3.05, 3.63) is 47.5 Å². The SMILES string of the molecule is CC(C)(C)OC(=O)N1CCC(CN2c3ccccc3C3(COc4cc5c(cc43)OCCO5)C23CO3)CC1. The molecule has 2 spiro atoms. The van der Waals surface area contributed by atoms with Crippen LogP contribution in [0.25, 0.3) is 0 Å². The molecule has 5 heterocycles. The Hall–Kier alpha value is -3.13. The molecule has 2 unspecified atom stereocenters. The summed E-state index contributed by atoms with van der Waals surface area (Å²) in [5.41, 5.74) is 2.19. The van der Waals surface area contributed by atoms with Gasteiger partial charge in [0.25, 0.3) is 0 Å². The summed E-state index contributed by atoms with van der Waals surface area (Å²) in [5, 5.41) is 0. The number of anilines is 1. The third-order valence-corrected chi connectivity index (χ3v) is 8.43. The van der Waals surface area contributed by atoms with Gasteiger partial charge < -0.3 is 33.5 Å². The fourth-order valence-electron chi connectivity index (χ4n) is 6.64. The highest BCUT2D eigenvalue weighted by molar-refractivity contribution is 5.75. The summed E-state index contributed by atoms with van der Waals surface area (Å²) in [6, 6.07) is 12.7. The van der Waals surface area contributed by atoms with Crippen molar-refractivity contribution < 1.29 is 28.5 Å². The standard InChI is InChI=1S/C29H34N2O6/c1-27(2,3)37-26(32)30-10-8-19(9-11-30)16-31-22-7-5-4-6-20(22)28(29(31)18-36-29)17-35-23-15-25-24(14-21(23)28)33-12-13-34-25/h4-7,14-15,19H,8-13,16-18H2,1-3H3. The smallest absolute Gasteiger partial charge is 0.410 e. The number of fused-ring (bicyclic) bond motifs is 6. The van der Waals surface area contributed by atoms with Crippen LogP contribution < -0.4 is 19.1 Å². The number of para-hydroxylation sites is 1. The molecule has 2 aromatic carbocycles. The third kappa shape index (κ3) is 3.41. The van der Waals surface area contributed by atoms with E-state index < -0.39 is 16.7 Å². The predicted molar refractivity (Wildman–Crippen MR) is 137 cm³/mol.